The van der Waals surface area contributed by atoms with Crippen LogP contribution in [0.1, 0.15) is 60.3 Å². The van der Waals surface area contributed by atoms with Crippen LogP contribution in [0.5, 0.6) is 0 Å². The van der Waals surface area contributed by atoms with Gasteiger partial charge in [-0.25, -0.2) is 0 Å². The highest BCUT2D eigenvalue weighted by Crippen LogP contribution is 2.21. The smallest absolute Gasteiger partial charge is 0.379 e. The Labute approximate surface area is 168 Å². The zero-order valence-corrected chi connectivity index (χ0v) is 19.4. The summed E-state index contributed by atoms with van der Waals surface area (Å²) in [5, 5.41) is 0. The first-order valence-electron chi connectivity index (χ1n) is 10.7. The topological polar surface area (TPSA) is 55.4 Å². The second-order valence-electron chi connectivity index (χ2n) is 6.81. The van der Waals surface area contributed by atoms with Gasteiger partial charge in [0.15, 0.2) is 0 Å². The van der Waals surface area contributed by atoms with Crippen molar-refractivity contribution in [1.82, 2.24) is 0 Å². The average Bonchev–Trinajstić information content (AvgIpc) is 2.65. The summed E-state index contributed by atoms with van der Waals surface area (Å²) in [5.74, 6) is 0.749. The van der Waals surface area contributed by atoms with E-state index in [0.29, 0.717) is 59.5 Å². The fourth-order valence-corrected chi connectivity index (χ4v) is 5.16. The fourth-order valence-electron chi connectivity index (χ4n) is 2.61. The van der Waals surface area contributed by atoms with Gasteiger partial charge in [0.2, 0.25) is 0 Å². The van der Waals surface area contributed by atoms with Crippen molar-refractivity contribution in [3.05, 3.63) is 0 Å². The lowest BCUT2D eigenvalue weighted by atomic mass is 10.1. The molecule has 0 rings (SSSR count). The van der Waals surface area contributed by atoms with Crippen LogP contribution < -0.4 is 0 Å². The number of rotatable bonds is 21. The molecule has 0 bridgehead atoms. The van der Waals surface area contributed by atoms with Crippen molar-refractivity contribution in [1.29, 1.82) is 0 Å². The molecule has 0 aromatic heterocycles. The third kappa shape index (κ3) is 16.6. The molecule has 0 aromatic rings. The first kappa shape index (κ1) is 27.0. The third-order valence-corrected chi connectivity index (χ3v) is 6.92. The Morgan fingerprint density at radius 3 is 1.41 bits per heavy atom. The van der Waals surface area contributed by atoms with Crippen LogP contribution in [0.4, 0.5) is 0 Å². The van der Waals surface area contributed by atoms with Gasteiger partial charge in [-0.15, -0.1) is 0 Å². The lowest BCUT2D eigenvalue weighted by molar-refractivity contribution is 0.00318. The van der Waals surface area contributed by atoms with Gasteiger partial charge >= 0.3 is 8.80 Å². The maximum atomic E-state index is 6.18. The van der Waals surface area contributed by atoms with Gasteiger partial charge < -0.3 is 27.5 Å². The van der Waals surface area contributed by atoms with E-state index in [1.54, 1.807) is 0 Å². The van der Waals surface area contributed by atoms with E-state index in [1.165, 1.54) is 19.3 Å². The molecule has 0 fully saturated rings. The number of unbranched alkanes of at least 4 members (excludes halogenated alkanes) is 2. The van der Waals surface area contributed by atoms with E-state index in [4.69, 9.17) is 27.5 Å². The summed E-state index contributed by atoms with van der Waals surface area (Å²) in [7, 11) is -2.76. The van der Waals surface area contributed by atoms with Crippen molar-refractivity contribution in [2.75, 3.05) is 59.5 Å². The highest BCUT2D eigenvalue weighted by atomic mass is 28.4. The molecular formula is C20H44O6Si. The van der Waals surface area contributed by atoms with Gasteiger partial charge in [-0.2, -0.15) is 0 Å². The molecule has 0 aromatic carbocycles. The van der Waals surface area contributed by atoms with Crippen molar-refractivity contribution in [2.45, 2.75) is 66.3 Å². The van der Waals surface area contributed by atoms with Crippen LogP contribution in [0.15, 0.2) is 0 Å². The Bertz CT molecular complexity index is 273. The van der Waals surface area contributed by atoms with Crippen molar-refractivity contribution >= 4 is 8.80 Å². The average molecular weight is 409 g/mol. The molecule has 7 heteroatoms. The minimum Gasteiger partial charge on any atom is -0.379 e. The summed E-state index contributed by atoms with van der Waals surface area (Å²) in [6, 6.07) is 0.829. The molecule has 0 amide bonds. The number of ether oxygens (including phenoxy) is 3. The summed E-state index contributed by atoms with van der Waals surface area (Å²) < 4.78 is 34.8. The van der Waals surface area contributed by atoms with Gasteiger partial charge in [0.05, 0.1) is 39.6 Å². The van der Waals surface area contributed by atoms with E-state index < -0.39 is 8.80 Å². The Morgan fingerprint density at radius 2 is 1.04 bits per heavy atom. The standard InChI is InChI=1S/C20H44O6Si/c1-6-21-13-16-24-27(25-17-14-22-7-2,26-18-15-23-8-3)19-11-9-10-12-20(4)5/h20H,6-19H2,1-5H3. The van der Waals surface area contributed by atoms with Crippen molar-refractivity contribution in [3.8, 4) is 0 Å². The lowest BCUT2D eigenvalue weighted by Gasteiger charge is -2.30. The molecule has 6 nitrogen and oxygen atoms in total. The van der Waals surface area contributed by atoms with E-state index in [9.17, 15) is 0 Å². The van der Waals surface area contributed by atoms with Gasteiger partial charge in [0.1, 0.15) is 0 Å². The van der Waals surface area contributed by atoms with Gasteiger partial charge in [-0.05, 0) is 33.1 Å². The Hall–Kier alpha value is -0.0231. The van der Waals surface area contributed by atoms with E-state index in [1.807, 2.05) is 20.8 Å². The van der Waals surface area contributed by atoms with Gasteiger partial charge in [0.25, 0.3) is 0 Å². The van der Waals surface area contributed by atoms with Gasteiger partial charge in [-0.1, -0.05) is 33.1 Å². The van der Waals surface area contributed by atoms with Crippen molar-refractivity contribution < 1.29 is 27.5 Å². The van der Waals surface area contributed by atoms with E-state index in [-0.39, 0.29) is 0 Å². The molecule has 0 aliphatic heterocycles. The minimum absolute atomic E-state index is 0.495. The minimum atomic E-state index is -2.76. The summed E-state index contributed by atoms with van der Waals surface area (Å²) in [6.07, 6.45) is 4.72. The van der Waals surface area contributed by atoms with Crippen LogP contribution in [0.2, 0.25) is 6.04 Å². The summed E-state index contributed by atoms with van der Waals surface area (Å²) in [5.41, 5.74) is 0. The van der Waals surface area contributed by atoms with Crippen LogP contribution in [0.25, 0.3) is 0 Å². The maximum Gasteiger partial charge on any atom is 0.501 e. The number of hydrogen-bond acceptors (Lipinski definition) is 6. The first-order chi connectivity index (χ1) is 13.1. The molecule has 0 unspecified atom stereocenters. The molecule has 0 atom stereocenters. The molecule has 0 saturated carbocycles. The van der Waals surface area contributed by atoms with Crippen LogP contribution in [-0.4, -0.2) is 68.3 Å². The largest absolute Gasteiger partial charge is 0.501 e. The highest BCUT2D eigenvalue weighted by Gasteiger charge is 2.40. The van der Waals surface area contributed by atoms with E-state index >= 15 is 0 Å². The second-order valence-corrected chi connectivity index (χ2v) is 9.54. The monoisotopic (exact) mass is 408 g/mol. The second kappa shape index (κ2) is 19.3. The van der Waals surface area contributed by atoms with Crippen LogP contribution >= 0.6 is 0 Å². The molecule has 0 spiro atoms. The predicted octanol–water partition coefficient (Wildman–Crippen LogP) is 4.30. The molecule has 0 aliphatic carbocycles. The quantitative estimate of drug-likeness (QED) is 0.208. The summed E-state index contributed by atoms with van der Waals surface area (Å²) >= 11 is 0. The molecule has 0 heterocycles. The van der Waals surface area contributed by atoms with E-state index in [2.05, 4.69) is 13.8 Å². The SMILES string of the molecule is CCOCCO[Si](CCCCCC(C)C)(OCCOCC)OCCOCC. The zero-order chi connectivity index (χ0) is 20.2. The molecule has 27 heavy (non-hydrogen) atoms. The summed E-state index contributed by atoms with van der Waals surface area (Å²) in [6.45, 7) is 15.7. The van der Waals surface area contributed by atoms with Crippen LogP contribution in [0, 0.1) is 5.92 Å². The van der Waals surface area contributed by atoms with Crippen LogP contribution in [-0.2, 0) is 27.5 Å². The predicted molar refractivity (Wildman–Crippen MR) is 111 cm³/mol. The molecule has 0 saturated heterocycles. The Balaban J connectivity index is 4.66. The fraction of sp³-hybridized carbons (Fsp3) is 1.00. The number of hydrogen-bond donors (Lipinski definition) is 0. The third-order valence-electron chi connectivity index (χ3n) is 4.03. The van der Waals surface area contributed by atoms with Gasteiger partial charge in [0, 0.05) is 25.9 Å². The normalized spacial score (nSPS) is 12.2. The molecule has 0 N–H and O–H groups in total. The van der Waals surface area contributed by atoms with Gasteiger partial charge in [-0.3, -0.25) is 0 Å². The van der Waals surface area contributed by atoms with Crippen molar-refractivity contribution in [3.63, 3.8) is 0 Å². The molecular weight excluding hydrogens is 364 g/mol. The lowest BCUT2D eigenvalue weighted by Crippen LogP contribution is -2.48. The molecule has 164 valence electrons. The van der Waals surface area contributed by atoms with Crippen LogP contribution in [0.3, 0.4) is 0 Å². The Morgan fingerprint density at radius 1 is 0.593 bits per heavy atom. The molecule has 0 radical (unpaired) electrons. The first-order valence-corrected chi connectivity index (χ1v) is 12.7. The highest BCUT2D eigenvalue weighted by molar-refractivity contribution is 6.60. The van der Waals surface area contributed by atoms with Crippen molar-refractivity contribution in [2.24, 2.45) is 5.92 Å². The Kier molecular flexibility index (Phi) is 19.3. The maximum absolute atomic E-state index is 6.18. The summed E-state index contributed by atoms with van der Waals surface area (Å²) in [4.78, 5) is 0. The zero-order valence-electron chi connectivity index (χ0n) is 18.4. The molecule has 0 aliphatic rings. The van der Waals surface area contributed by atoms with E-state index in [0.717, 1.165) is 18.4 Å².